The fourth-order valence-electron chi connectivity index (χ4n) is 0.683. The lowest BCUT2D eigenvalue weighted by Crippen LogP contribution is -2.49. The van der Waals surface area contributed by atoms with E-state index in [1.54, 1.807) is 6.92 Å². The summed E-state index contributed by atoms with van der Waals surface area (Å²) in [4.78, 5) is 36.2. The molecular weight excluding hydrogens is 203 g/mol. The zero-order chi connectivity index (χ0) is 9.78. The molecule has 8 heteroatoms. The summed E-state index contributed by atoms with van der Waals surface area (Å²) in [6.45, 7) is 1.70. The van der Waals surface area contributed by atoms with Gasteiger partial charge in [0.15, 0.2) is 5.73 Å². The van der Waals surface area contributed by atoms with Crippen LogP contribution in [0.15, 0.2) is 0 Å². The van der Waals surface area contributed by atoms with Crippen molar-refractivity contribution >= 4 is 17.1 Å². The third-order valence-corrected chi connectivity index (χ3v) is 3.09. The van der Waals surface area contributed by atoms with Gasteiger partial charge in [0.25, 0.3) is 0 Å². The third-order valence-electron chi connectivity index (χ3n) is 1.20. The second kappa shape index (κ2) is 4.98. The van der Waals surface area contributed by atoms with Gasteiger partial charge in [-0.2, -0.15) is 0 Å². The molecule has 0 aliphatic heterocycles. The van der Waals surface area contributed by atoms with Crippen molar-refractivity contribution in [1.82, 2.24) is 0 Å². The highest BCUT2D eigenvalue weighted by molar-refractivity contribution is 7.30. The predicted octanol–water partition coefficient (Wildman–Crippen LogP) is -1.36. The van der Waals surface area contributed by atoms with E-state index in [4.69, 9.17) is 14.4 Å². The van der Waals surface area contributed by atoms with Crippen LogP contribution >= 0.6 is 8.25 Å². The molecule has 0 aromatic rings. The summed E-state index contributed by atoms with van der Waals surface area (Å²) in [7, 11) is -7.64. The van der Waals surface area contributed by atoms with E-state index in [0.29, 0.717) is 6.42 Å². The van der Waals surface area contributed by atoms with E-state index in [1.165, 1.54) is 0 Å². The molecule has 0 spiro atoms. The first-order chi connectivity index (χ1) is 5.38. The Labute approximate surface area is 71.8 Å². The van der Waals surface area contributed by atoms with Crippen LogP contribution in [-0.4, -0.2) is 28.9 Å². The molecule has 6 nitrogen and oxygen atoms in total. The van der Waals surface area contributed by atoms with Gasteiger partial charge in [-0.1, -0.05) is 13.3 Å². The van der Waals surface area contributed by atoms with Crippen molar-refractivity contribution in [3.63, 3.8) is 0 Å². The van der Waals surface area contributed by atoms with E-state index in [-0.39, 0.29) is 6.42 Å². The maximum absolute atomic E-state index is 10.0. The normalized spacial score (nSPS) is 15.9. The van der Waals surface area contributed by atoms with Crippen LogP contribution in [-0.2, 0) is 9.09 Å². The van der Waals surface area contributed by atoms with Gasteiger partial charge in [-0.3, -0.25) is 0 Å². The van der Waals surface area contributed by atoms with Crippen molar-refractivity contribution in [3.05, 3.63) is 0 Å². The maximum atomic E-state index is 10.0. The number of hydrogen-bond acceptors (Lipinski definition) is 6. The molecule has 0 aromatic heterocycles. The Morgan fingerprint density at radius 3 is 2.33 bits per heavy atom. The quantitative estimate of drug-likeness (QED) is 0.385. The average Bonchev–Trinajstić information content (AvgIpc) is 1.83. The fourth-order valence-corrected chi connectivity index (χ4v) is 2.50. The molecule has 0 heterocycles. The highest BCUT2D eigenvalue weighted by Gasteiger charge is 2.43. The Morgan fingerprint density at radius 2 is 2.08 bits per heavy atom. The number of hydrogen-bond donors (Lipinski definition) is 3. The number of rotatable bonds is 5. The highest BCUT2D eigenvalue weighted by Crippen LogP contribution is 2.20. The molecule has 2 atom stereocenters. The molecule has 0 saturated carbocycles. The molecular formula is C4H11O6PSi. The van der Waals surface area contributed by atoms with Gasteiger partial charge in [0, 0.05) is 0 Å². The summed E-state index contributed by atoms with van der Waals surface area (Å²) in [6.07, 6.45) is 0.587. The maximum Gasteiger partial charge on any atom is 0.528 e. The largest absolute Gasteiger partial charge is 0.566 e. The van der Waals surface area contributed by atoms with Crippen molar-refractivity contribution in [2.24, 2.45) is 0 Å². The van der Waals surface area contributed by atoms with Crippen molar-refractivity contribution in [1.29, 1.82) is 0 Å². The summed E-state index contributed by atoms with van der Waals surface area (Å²) in [5, 5.41) is 0. The average molecular weight is 214 g/mol. The SMILES string of the molecule is CCCC(O[P+](=O)[O-])[Si](O)(O)O. The zero-order valence-electron chi connectivity index (χ0n) is 6.51. The third kappa shape index (κ3) is 4.89. The second-order valence-electron chi connectivity index (χ2n) is 2.29. The smallest absolute Gasteiger partial charge is 0.528 e. The minimum Gasteiger partial charge on any atom is -0.566 e. The van der Waals surface area contributed by atoms with Crippen LogP contribution in [0.5, 0.6) is 0 Å². The Kier molecular flexibility index (Phi) is 5.03. The van der Waals surface area contributed by atoms with E-state index in [9.17, 15) is 9.46 Å². The van der Waals surface area contributed by atoms with Crippen molar-refractivity contribution in [3.8, 4) is 0 Å². The second-order valence-corrected chi connectivity index (χ2v) is 4.97. The first-order valence-corrected chi connectivity index (χ1v) is 6.37. The molecule has 2 unspecified atom stereocenters. The van der Waals surface area contributed by atoms with Gasteiger partial charge in [-0.15, -0.1) is 4.52 Å². The molecule has 3 N–H and O–H groups in total. The Hall–Kier alpha value is 0.117. The monoisotopic (exact) mass is 214 g/mol. The zero-order valence-corrected chi connectivity index (χ0v) is 8.40. The summed E-state index contributed by atoms with van der Waals surface area (Å²) in [5.41, 5.74) is -1.39. The summed E-state index contributed by atoms with van der Waals surface area (Å²) in [5.74, 6) is 0. The lowest BCUT2D eigenvalue weighted by Gasteiger charge is -2.16. The Balaban J connectivity index is 4.13. The summed E-state index contributed by atoms with van der Waals surface area (Å²) in [6, 6.07) is 0. The summed E-state index contributed by atoms with van der Waals surface area (Å²) >= 11 is 0. The van der Waals surface area contributed by atoms with Crippen LogP contribution in [0.3, 0.4) is 0 Å². The van der Waals surface area contributed by atoms with Gasteiger partial charge in [0.05, 0.1) is 0 Å². The highest BCUT2D eigenvalue weighted by atomic mass is 31.1. The van der Waals surface area contributed by atoms with E-state index < -0.39 is 22.8 Å². The Bertz CT molecular complexity index is 156. The molecule has 0 saturated heterocycles. The Morgan fingerprint density at radius 1 is 1.58 bits per heavy atom. The van der Waals surface area contributed by atoms with E-state index >= 15 is 0 Å². The fraction of sp³-hybridized carbons (Fsp3) is 1.00. The molecule has 12 heavy (non-hydrogen) atoms. The topological polar surface area (TPSA) is 110 Å². The van der Waals surface area contributed by atoms with E-state index in [2.05, 4.69) is 4.52 Å². The van der Waals surface area contributed by atoms with Gasteiger partial charge in [-0.05, 0) is 11.0 Å². The van der Waals surface area contributed by atoms with E-state index in [1.807, 2.05) is 0 Å². The lowest BCUT2D eigenvalue weighted by molar-refractivity contribution is -0.188. The minimum atomic E-state index is -4.48. The van der Waals surface area contributed by atoms with Gasteiger partial charge in [-0.25, -0.2) is 0 Å². The predicted molar refractivity (Wildman–Crippen MR) is 39.8 cm³/mol. The van der Waals surface area contributed by atoms with Crippen LogP contribution in [0.4, 0.5) is 0 Å². The molecule has 0 aromatic carbocycles. The molecule has 72 valence electrons. The molecule has 0 fully saturated rings. The molecule has 0 radical (unpaired) electrons. The lowest BCUT2D eigenvalue weighted by atomic mass is 10.4. The van der Waals surface area contributed by atoms with Crippen molar-refractivity contribution in [2.45, 2.75) is 25.5 Å². The van der Waals surface area contributed by atoms with Gasteiger partial charge < -0.3 is 19.3 Å². The molecule has 0 amide bonds. The van der Waals surface area contributed by atoms with Crippen LogP contribution in [0, 0.1) is 0 Å². The standard InChI is InChI=1S/C4H11O6PSi/c1-2-3-4(10-11(5)6)12(7,8)9/h4,7-9H,2-3H2,1H3. The molecule has 0 bridgehead atoms. The van der Waals surface area contributed by atoms with Crippen molar-refractivity contribution in [2.75, 3.05) is 0 Å². The molecule has 0 aliphatic rings. The first kappa shape index (κ1) is 12.1. The van der Waals surface area contributed by atoms with Crippen molar-refractivity contribution < 1.29 is 28.4 Å². The van der Waals surface area contributed by atoms with Gasteiger partial charge in [0.1, 0.15) is 0 Å². The van der Waals surface area contributed by atoms with Crippen LogP contribution < -0.4 is 4.89 Å². The first-order valence-electron chi connectivity index (χ1n) is 3.36. The summed E-state index contributed by atoms with van der Waals surface area (Å²) < 4.78 is 14.2. The van der Waals surface area contributed by atoms with Crippen LogP contribution in [0.1, 0.15) is 19.8 Å². The van der Waals surface area contributed by atoms with Crippen LogP contribution in [0.25, 0.3) is 0 Å². The van der Waals surface area contributed by atoms with Crippen LogP contribution in [0.2, 0.25) is 0 Å². The van der Waals surface area contributed by atoms with E-state index in [0.717, 1.165) is 0 Å². The molecule has 0 aliphatic carbocycles. The molecule has 0 rings (SSSR count). The minimum absolute atomic E-state index is 0.0963. The van der Waals surface area contributed by atoms with Gasteiger partial charge in [0.2, 0.25) is 0 Å². The van der Waals surface area contributed by atoms with Gasteiger partial charge >= 0.3 is 17.1 Å².